The second-order valence-electron chi connectivity index (χ2n) is 5.29. The third-order valence-electron chi connectivity index (χ3n) is 3.51. The number of methoxy groups -OCH3 is 1. The topological polar surface area (TPSA) is 21.3 Å². The summed E-state index contributed by atoms with van der Waals surface area (Å²) in [5, 5.41) is 3.60. The van der Waals surface area contributed by atoms with Gasteiger partial charge in [0, 0.05) is 7.11 Å². The normalized spacial score (nSPS) is 13.6. The van der Waals surface area contributed by atoms with Gasteiger partial charge in [-0.25, -0.2) is 0 Å². The van der Waals surface area contributed by atoms with Crippen LogP contribution < -0.4 is 5.32 Å². The molecule has 18 heavy (non-hydrogen) atoms. The molecule has 0 amide bonds. The van der Waals surface area contributed by atoms with Crippen LogP contribution in [0, 0.1) is 0 Å². The Morgan fingerprint density at radius 2 is 2.00 bits per heavy atom. The summed E-state index contributed by atoms with van der Waals surface area (Å²) in [7, 11) is 1.78. The van der Waals surface area contributed by atoms with Gasteiger partial charge in [-0.2, -0.15) is 0 Å². The lowest BCUT2D eigenvalue weighted by molar-refractivity contribution is -0.0110. The van der Waals surface area contributed by atoms with Gasteiger partial charge in [-0.1, -0.05) is 38.1 Å². The van der Waals surface area contributed by atoms with Crippen molar-refractivity contribution in [1.29, 1.82) is 0 Å². The zero-order chi connectivity index (χ0) is 13.6. The molecular weight excluding hydrogens is 222 g/mol. The summed E-state index contributed by atoms with van der Waals surface area (Å²) in [5.41, 5.74) is 2.49. The smallest absolute Gasteiger partial charge is 0.0816 e. The van der Waals surface area contributed by atoms with Crippen molar-refractivity contribution in [1.82, 2.24) is 5.32 Å². The molecule has 2 heteroatoms. The van der Waals surface area contributed by atoms with Crippen molar-refractivity contribution >= 4 is 0 Å². The number of benzene rings is 1. The first-order valence-corrected chi connectivity index (χ1v) is 6.92. The molecule has 0 aliphatic heterocycles. The fourth-order valence-electron chi connectivity index (χ4n) is 2.16. The Morgan fingerprint density at radius 3 is 2.56 bits per heavy atom. The highest BCUT2D eigenvalue weighted by molar-refractivity contribution is 5.28. The molecule has 1 N–H and O–H groups in total. The van der Waals surface area contributed by atoms with Gasteiger partial charge in [-0.3, -0.25) is 0 Å². The molecule has 0 aliphatic rings. The van der Waals surface area contributed by atoms with Crippen molar-refractivity contribution in [2.24, 2.45) is 0 Å². The van der Waals surface area contributed by atoms with Gasteiger partial charge in [0.05, 0.1) is 11.6 Å². The molecule has 0 aliphatic carbocycles. The average molecular weight is 249 g/mol. The van der Waals surface area contributed by atoms with Crippen LogP contribution in [-0.4, -0.2) is 19.3 Å². The number of rotatable bonds is 7. The lowest BCUT2D eigenvalue weighted by atomic mass is 9.90. The maximum absolute atomic E-state index is 5.66. The van der Waals surface area contributed by atoms with Crippen molar-refractivity contribution in [2.45, 2.75) is 52.2 Å². The zero-order valence-corrected chi connectivity index (χ0v) is 12.4. The van der Waals surface area contributed by atoms with Crippen LogP contribution in [0.15, 0.2) is 24.3 Å². The molecule has 0 radical (unpaired) electrons. The first-order chi connectivity index (χ1) is 8.55. The van der Waals surface area contributed by atoms with Crippen LogP contribution in [0.25, 0.3) is 0 Å². The Kier molecular flexibility index (Phi) is 5.83. The minimum Gasteiger partial charge on any atom is -0.377 e. The van der Waals surface area contributed by atoms with Gasteiger partial charge >= 0.3 is 0 Å². The molecule has 2 nitrogen and oxygen atoms in total. The SMILES string of the molecule is CCCNC(c1cccc(CC)c1)C(C)(C)OC. The van der Waals surface area contributed by atoms with E-state index in [1.807, 2.05) is 0 Å². The van der Waals surface area contributed by atoms with E-state index < -0.39 is 0 Å². The molecule has 0 saturated carbocycles. The molecule has 1 unspecified atom stereocenters. The van der Waals surface area contributed by atoms with Crippen LogP contribution in [-0.2, 0) is 11.2 Å². The van der Waals surface area contributed by atoms with Gasteiger partial charge in [-0.05, 0) is 44.4 Å². The van der Waals surface area contributed by atoms with E-state index in [-0.39, 0.29) is 11.6 Å². The van der Waals surface area contributed by atoms with Gasteiger partial charge in [0.2, 0.25) is 0 Å². The lowest BCUT2D eigenvalue weighted by Crippen LogP contribution is -2.41. The van der Waals surface area contributed by atoms with E-state index in [9.17, 15) is 0 Å². The lowest BCUT2D eigenvalue weighted by Gasteiger charge is -2.34. The van der Waals surface area contributed by atoms with Crippen molar-refractivity contribution < 1.29 is 4.74 Å². The summed E-state index contributed by atoms with van der Waals surface area (Å²) in [4.78, 5) is 0. The minimum absolute atomic E-state index is 0.207. The summed E-state index contributed by atoms with van der Waals surface area (Å²) in [6.07, 6.45) is 2.20. The molecule has 1 atom stereocenters. The molecule has 0 aromatic heterocycles. The summed E-state index contributed by atoms with van der Waals surface area (Å²) in [6.45, 7) is 9.66. The number of nitrogens with one attached hydrogen (secondary N) is 1. The van der Waals surface area contributed by atoms with Crippen molar-refractivity contribution in [3.05, 3.63) is 35.4 Å². The zero-order valence-electron chi connectivity index (χ0n) is 12.4. The molecule has 1 rings (SSSR count). The third-order valence-corrected chi connectivity index (χ3v) is 3.51. The maximum atomic E-state index is 5.66. The summed E-state index contributed by atoms with van der Waals surface area (Å²) >= 11 is 0. The monoisotopic (exact) mass is 249 g/mol. The molecule has 0 saturated heterocycles. The summed E-state index contributed by atoms with van der Waals surface area (Å²) in [5.74, 6) is 0. The van der Waals surface area contributed by atoms with E-state index in [0.717, 1.165) is 19.4 Å². The molecule has 102 valence electrons. The molecule has 0 heterocycles. The predicted molar refractivity (Wildman–Crippen MR) is 77.9 cm³/mol. The quantitative estimate of drug-likeness (QED) is 0.795. The minimum atomic E-state index is -0.207. The largest absolute Gasteiger partial charge is 0.377 e. The van der Waals surface area contributed by atoms with Crippen LogP contribution in [0.3, 0.4) is 0 Å². The van der Waals surface area contributed by atoms with E-state index >= 15 is 0 Å². The standard InChI is InChI=1S/C16H27NO/c1-6-11-17-15(16(3,4)18-5)14-10-8-9-13(7-2)12-14/h8-10,12,15,17H,6-7,11H2,1-5H3. The number of hydrogen-bond acceptors (Lipinski definition) is 2. The third kappa shape index (κ3) is 3.82. The number of hydrogen-bond donors (Lipinski definition) is 1. The summed E-state index contributed by atoms with van der Waals surface area (Å²) in [6, 6.07) is 9.02. The predicted octanol–water partition coefficient (Wildman–Crippen LogP) is 3.71. The van der Waals surface area contributed by atoms with Crippen LogP contribution in [0.2, 0.25) is 0 Å². The average Bonchev–Trinajstić information content (AvgIpc) is 2.39. The first-order valence-electron chi connectivity index (χ1n) is 6.92. The fraction of sp³-hybridized carbons (Fsp3) is 0.625. The van der Waals surface area contributed by atoms with Gasteiger partial charge < -0.3 is 10.1 Å². The van der Waals surface area contributed by atoms with E-state index in [1.165, 1.54) is 11.1 Å². The second-order valence-corrected chi connectivity index (χ2v) is 5.29. The molecule has 1 aromatic carbocycles. The summed E-state index contributed by atoms with van der Waals surface area (Å²) < 4.78 is 5.66. The van der Waals surface area contributed by atoms with Crippen molar-refractivity contribution in [2.75, 3.05) is 13.7 Å². The van der Waals surface area contributed by atoms with Crippen molar-refractivity contribution in [3.63, 3.8) is 0 Å². The van der Waals surface area contributed by atoms with Crippen molar-refractivity contribution in [3.8, 4) is 0 Å². The number of ether oxygens (including phenoxy) is 1. The van der Waals surface area contributed by atoms with Crippen LogP contribution in [0.5, 0.6) is 0 Å². The van der Waals surface area contributed by atoms with E-state index in [1.54, 1.807) is 7.11 Å². The molecule has 1 aromatic rings. The Hall–Kier alpha value is -0.860. The molecule has 0 fully saturated rings. The molecular formula is C16H27NO. The Balaban J connectivity index is 3.00. The molecule has 0 bridgehead atoms. The van der Waals surface area contributed by atoms with E-state index in [4.69, 9.17) is 4.74 Å². The Morgan fingerprint density at radius 1 is 1.28 bits per heavy atom. The highest BCUT2D eigenvalue weighted by Crippen LogP contribution is 2.29. The van der Waals surface area contributed by atoms with Gasteiger partial charge in [0.1, 0.15) is 0 Å². The van der Waals surface area contributed by atoms with E-state index in [0.29, 0.717) is 0 Å². The van der Waals surface area contributed by atoms with Gasteiger partial charge in [-0.15, -0.1) is 0 Å². The van der Waals surface area contributed by atoms with Crippen LogP contribution in [0.4, 0.5) is 0 Å². The Labute approximate surface area is 112 Å². The fourth-order valence-corrected chi connectivity index (χ4v) is 2.16. The van der Waals surface area contributed by atoms with Gasteiger partial charge in [0.25, 0.3) is 0 Å². The van der Waals surface area contributed by atoms with E-state index in [2.05, 4.69) is 57.3 Å². The van der Waals surface area contributed by atoms with Gasteiger partial charge in [0.15, 0.2) is 0 Å². The first kappa shape index (κ1) is 15.2. The molecule has 0 spiro atoms. The highest BCUT2D eigenvalue weighted by atomic mass is 16.5. The Bertz CT molecular complexity index is 360. The highest BCUT2D eigenvalue weighted by Gasteiger charge is 2.30. The maximum Gasteiger partial charge on any atom is 0.0816 e. The second kappa shape index (κ2) is 6.91. The van der Waals surface area contributed by atoms with Crippen LogP contribution in [0.1, 0.15) is 51.3 Å². The number of aryl methyl sites for hydroxylation is 1. The van der Waals surface area contributed by atoms with Crippen LogP contribution >= 0.6 is 0 Å².